The van der Waals surface area contributed by atoms with Gasteiger partial charge in [-0.1, -0.05) is 13.8 Å². The van der Waals surface area contributed by atoms with Crippen LogP contribution in [0.2, 0.25) is 0 Å². The van der Waals surface area contributed by atoms with E-state index in [1.54, 1.807) is 0 Å². The van der Waals surface area contributed by atoms with E-state index in [2.05, 4.69) is 38.8 Å². The highest BCUT2D eigenvalue weighted by Crippen LogP contribution is 2.10. The molecule has 0 aromatic carbocycles. The van der Waals surface area contributed by atoms with E-state index in [1.807, 2.05) is 6.33 Å². The molecule has 2 heterocycles. The van der Waals surface area contributed by atoms with Gasteiger partial charge in [0.15, 0.2) is 0 Å². The minimum atomic E-state index is 0.450. The monoisotopic (exact) mass is 223 g/mol. The van der Waals surface area contributed by atoms with Crippen LogP contribution in [0.5, 0.6) is 0 Å². The summed E-state index contributed by atoms with van der Waals surface area (Å²) in [6.07, 6.45) is 1.84. The zero-order chi connectivity index (χ0) is 11.4. The summed E-state index contributed by atoms with van der Waals surface area (Å²) < 4.78 is 2.17. The van der Waals surface area contributed by atoms with Crippen LogP contribution in [0.4, 0.5) is 0 Å². The Bertz CT molecular complexity index is 314. The number of hydrogen-bond donors (Lipinski definition) is 1. The van der Waals surface area contributed by atoms with E-state index in [0.29, 0.717) is 5.92 Å². The van der Waals surface area contributed by atoms with Crippen molar-refractivity contribution >= 4 is 0 Å². The van der Waals surface area contributed by atoms with Crippen molar-refractivity contribution in [2.45, 2.75) is 26.3 Å². The standard InChI is InChI=1S/C11H21N5/c1-10(2)11-14-13-9-16(11)8-7-15-5-3-12-4-6-15/h9-10,12H,3-8H2,1-2H3. The molecule has 1 saturated heterocycles. The summed E-state index contributed by atoms with van der Waals surface area (Å²) >= 11 is 0. The minimum absolute atomic E-state index is 0.450. The number of rotatable bonds is 4. The molecule has 1 N–H and O–H groups in total. The van der Waals surface area contributed by atoms with Crippen LogP contribution < -0.4 is 5.32 Å². The summed E-state index contributed by atoms with van der Waals surface area (Å²) in [4.78, 5) is 2.49. The lowest BCUT2D eigenvalue weighted by molar-refractivity contribution is 0.231. The number of aromatic nitrogens is 3. The number of nitrogens with zero attached hydrogens (tertiary/aromatic N) is 4. The van der Waals surface area contributed by atoms with Crippen molar-refractivity contribution in [2.75, 3.05) is 32.7 Å². The molecule has 1 aromatic rings. The van der Waals surface area contributed by atoms with Crippen LogP contribution in [0.3, 0.4) is 0 Å². The van der Waals surface area contributed by atoms with Crippen molar-refractivity contribution in [2.24, 2.45) is 0 Å². The van der Waals surface area contributed by atoms with Gasteiger partial charge in [-0.25, -0.2) is 0 Å². The predicted octanol–water partition coefficient (Wildman–Crippen LogP) is 0.307. The highest BCUT2D eigenvalue weighted by Gasteiger charge is 2.12. The lowest BCUT2D eigenvalue weighted by Gasteiger charge is -2.27. The first-order valence-corrected chi connectivity index (χ1v) is 6.08. The molecule has 0 aliphatic carbocycles. The average Bonchev–Trinajstić information content (AvgIpc) is 2.76. The second kappa shape index (κ2) is 5.41. The third kappa shape index (κ3) is 2.80. The molecule has 2 rings (SSSR count). The third-order valence-corrected chi connectivity index (χ3v) is 3.03. The molecule has 0 atom stereocenters. The fourth-order valence-corrected chi connectivity index (χ4v) is 2.07. The summed E-state index contributed by atoms with van der Waals surface area (Å²) in [5.41, 5.74) is 0. The van der Waals surface area contributed by atoms with Crippen molar-refractivity contribution < 1.29 is 0 Å². The van der Waals surface area contributed by atoms with Crippen molar-refractivity contribution in [3.63, 3.8) is 0 Å². The molecule has 5 nitrogen and oxygen atoms in total. The zero-order valence-electron chi connectivity index (χ0n) is 10.2. The molecule has 1 aromatic heterocycles. The molecule has 0 spiro atoms. The average molecular weight is 223 g/mol. The maximum Gasteiger partial charge on any atom is 0.135 e. The first kappa shape index (κ1) is 11.5. The number of nitrogens with one attached hydrogen (secondary N) is 1. The van der Waals surface area contributed by atoms with Crippen LogP contribution in [-0.2, 0) is 6.54 Å². The molecule has 1 aliphatic heterocycles. The van der Waals surface area contributed by atoms with Gasteiger partial charge in [-0.3, -0.25) is 4.90 Å². The quantitative estimate of drug-likeness (QED) is 0.798. The van der Waals surface area contributed by atoms with E-state index in [-0.39, 0.29) is 0 Å². The van der Waals surface area contributed by atoms with Gasteiger partial charge in [-0.2, -0.15) is 0 Å². The molecule has 0 unspecified atom stereocenters. The second-order valence-corrected chi connectivity index (χ2v) is 4.63. The van der Waals surface area contributed by atoms with E-state index in [4.69, 9.17) is 0 Å². The van der Waals surface area contributed by atoms with Gasteiger partial charge in [0.05, 0.1) is 0 Å². The van der Waals surface area contributed by atoms with E-state index < -0.39 is 0 Å². The zero-order valence-corrected chi connectivity index (χ0v) is 10.2. The molecular weight excluding hydrogens is 202 g/mol. The van der Waals surface area contributed by atoms with E-state index in [0.717, 1.165) is 45.1 Å². The van der Waals surface area contributed by atoms with Crippen molar-refractivity contribution in [1.29, 1.82) is 0 Å². The Morgan fingerprint density at radius 1 is 1.31 bits per heavy atom. The van der Waals surface area contributed by atoms with Gasteiger partial charge in [0.25, 0.3) is 0 Å². The molecule has 16 heavy (non-hydrogen) atoms. The van der Waals surface area contributed by atoms with Crippen LogP contribution in [0, 0.1) is 0 Å². The summed E-state index contributed by atoms with van der Waals surface area (Å²) in [5.74, 6) is 1.54. The van der Waals surface area contributed by atoms with Gasteiger partial charge < -0.3 is 9.88 Å². The smallest absolute Gasteiger partial charge is 0.135 e. The molecule has 0 bridgehead atoms. The number of piperazine rings is 1. The Labute approximate surface area is 96.8 Å². The molecular formula is C11H21N5. The van der Waals surface area contributed by atoms with Crippen molar-refractivity contribution in [1.82, 2.24) is 25.0 Å². The Morgan fingerprint density at radius 2 is 2.06 bits per heavy atom. The minimum Gasteiger partial charge on any atom is -0.316 e. The highest BCUT2D eigenvalue weighted by molar-refractivity contribution is 4.92. The SMILES string of the molecule is CC(C)c1nncn1CCN1CCNCC1. The van der Waals surface area contributed by atoms with Crippen LogP contribution >= 0.6 is 0 Å². The first-order valence-electron chi connectivity index (χ1n) is 6.08. The van der Waals surface area contributed by atoms with Gasteiger partial charge >= 0.3 is 0 Å². The van der Waals surface area contributed by atoms with E-state index >= 15 is 0 Å². The molecule has 0 saturated carbocycles. The molecule has 0 radical (unpaired) electrons. The molecule has 1 aliphatic rings. The fraction of sp³-hybridized carbons (Fsp3) is 0.818. The summed E-state index contributed by atoms with van der Waals surface area (Å²) in [5, 5.41) is 11.5. The van der Waals surface area contributed by atoms with Gasteiger partial charge in [-0.05, 0) is 0 Å². The molecule has 90 valence electrons. The van der Waals surface area contributed by atoms with Crippen LogP contribution in [-0.4, -0.2) is 52.4 Å². The summed E-state index contributed by atoms with van der Waals surface area (Å²) in [6.45, 7) is 10.9. The third-order valence-electron chi connectivity index (χ3n) is 3.03. The van der Waals surface area contributed by atoms with E-state index in [1.165, 1.54) is 0 Å². The fourth-order valence-electron chi connectivity index (χ4n) is 2.07. The van der Waals surface area contributed by atoms with E-state index in [9.17, 15) is 0 Å². The van der Waals surface area contributed by atoms with Crippen molar-refractivity contribution in [3.8, 4) is 0 Å². The Hall–Kier alpha value is -0.940. The normalized spacial score (nSPS) is 18.2. The first-order chi connectivity index (χ1) is 7.77. The second-order valence-electron chi connectivity index (χ2n) is 4.63. The maximum atomic E-state index is 4.16. The Morgan fingerprint density at radius 3 is 2.75 bits per heavy atom. The van der Waals surface area contributed by atoms with Gasteiger partial charge in [-0.15, -0.1) is 10.2 Å². The summed E-state index contributed by atoms with van der Waals surface area (Å²) in [6, 6.07) is 0. The van der Waals surface area contributed by atoms with Crippen molar-refractivity contribution in [3.05, 3.63) is 12.2 Å². The lowest BCUT2D eigenvalue weighted by atomic mass is 10.2. The van der Waals surface area contributed by atoms with Crippen LogP contribution in [0.1, 0.15) is 25.6 Å². The molecule has 0 amide bonds. The van der Waals surface area contributed by atoms with Gasteiger partial charge in [0.1, 0.15) is 12.2 Å². The Kier molecular flexibility index (Phi) is 3.90. The predicted molar refractivity (Wildman–Crippen MR) is 63.4 cm³/mol. The maximum absolute atomic E-state index is 4.16. The molecule has 1 fully saturated rings. The van der Waals surface area contributed by atoms with Gasteiger partial charge in [0.2, 0.25) is 0 Å². The van der Waals surface area contributed by atoms with Gasteiger partial charge in [0, 0.05) is 45.2 Å². The lowest BCUT2D eigenvalue weighted by Crippen LogP contribution is -2.44. The van der Waals surface area contributed by atoms with Crippen LogP contribution in [0.25, 0.3) is 0 Å². The Balaban J connectivity index is 1.86. The van der Waals surface area contributed by atoms with Crippen LogP contribution in [0.15, 0.2) is 6.33 Å². The summed E-state index contributed by atoms with van der Waals surface area (Å²) in [7, 11) is 0. The number of hydrogen-bond acceptors (Lipinski definition) is 4. The highest BCUT2D eigenvalue weighted by atomic mass is 15.3. The topological polar surface area (TPSA) is 46.0 Å². The molecule has 5 heteroatoms. The largest absolute Gasteiger partial charge is 0.316 e.